The topological polar surface area (TPSA) is 72.6 Å². The lowest BCUT2D eigenvalue weighted by atomic mass is 10.0. The SMILES string of the molecule is CCN1C(=O)C(=Cc2c(C)c(C#N)c(=O)n(C)c2N2CCN(c3ccc(F)cc3)CC2)SC1=S. The highest BCUT2D eigenvalue weighted by molar-refractivity contribution is 8.26. The molecule has 2 aliphatic rings. The van der Waals surface area contributed by atoms with Gasteiger partial charge in [-0.05, 0) is 49.8 Å². The molecule has 2 aliphatic heterocycles. The molecule has 0 aliphatic carbocycles. The lowest BCUT2D eigenvalue weighted by molar-refractivity contribution is -0.121. The van der Waals surface area contributed by atoms with Crippen LogP contribution in [0, 0.1) is 24.1 Å². The third kappa shape index (κ3) is 4.21. The molecule has 4 rings (SSSR count). The number of aromatic nitrogens is 1. The molecule has 2 saturated heterocycles. The molecule has 34 heavy (non-hydrogen) atoms. The second-order valence-corrected chi connectivity index (χ2v) is 9.77. The number of carbonyl (C=O) groups excluding carboxylic acids is 1. The number of carbonyl (C=O) groups is 1. The minimum atomic E-state index is -0.366. The number of thioether (sulfide) groups is 1. The molecule has 1 aromatic carbocycles. The molecule has 2 fully saturated rings. The molecule has 0 radical (unpaired) electrons. The fraction of sp³-hybridized carbons (Fsp3) is 0.333. The van der Waals surface area contributed by atoms with Gasteiger partial charge < -0.3 is 9.80 Å². The highest BCUT2D eigenvalue weighted by Crippen LogP contribution is 2.35. The summed E-state index contributed by atoms with van der Waals surface area (Å²) >= 11 is 6.57. The van der Waals surface area contributed by atoms with Gasteiger partial charge in [-0.25, -0.2) is 4.39 Å². The molecule has 2 aromatic rings. The smallest absolute Gasteiger partial charge is 0.270 e. The van der Waals surface area contributed by atoms with E-state index in [0.717, 1.165) is 5.69 Å². The van der Waals surface area contributed by atoms with Crippen LogP contribution in [0.4, 0.5) is 15.9 Å². The molecule has 0 atom stereocenters. The van der Waals surface area contributed by atoms with E-state index in [9.17, 15) is 19.2 Å². The molecule has 1 amide bonds. The Morgan fingerprint density at radius 2 is 1.76 bits per heavy atom. The maximum absolute atomic E-state index is 13.3. The Balaban J connectivity index is 1.73. The summed E-state index contributed by atoms with van der Waals surface area (Å²) in [4.78, 5) is 32.1. The van der Waals surface area contributed by atoms with Crippen molar-refractivity contribution in [1.82, 2.24) is 9.47 Å². The van der Waals surface area contributed by atoms with E-state index in [-0.39, 0.29) is 22.8 Å². The number of piperazine rings is 1. The number of pyridine rings is 1. The molecule has 3 heterocycles. The van der Waals surface area contributed by atoms with Crippen LogP contribution in [0.15, 0.2) is 34.0 Å². The standard InChI is InChI=1S/C24H24FN5O2S2/c1-4-30-23(32)20(34-24(30)33)13-18-15(2)19(14-26)22(31)27(3)21(18)29-11-9-28(10-12-29)17-7-5-16(25)6-8-17/h5-8,13H,4,9-12H2,1-3H3. The Labute approximate surface area is 207 Å². The van der Waals surface area contributed by atoms with Crippen LogP contribution >= 0.6 is 24.0 Å². The third-order valence-electron chi connectivity index (χ3n) is 6.20. The number of nitrogens with zero attached hydrogens (tertiary/aromatic N) is 5. The fourth-order valence-electron chi connectivity index (χ4n) is 4.33. The van der Waals surface area contributed by atoms with Gasteiger partial charge in [-0.3, -0.25) is 19.1 Å². The fourth-order valence-corrected chi connectivity index (χ4v) is 5.69. The molecule has 7 nitrogen and oxygen atoms in total. The Kier molecular flexibility index (Phi) is 6.77. The third-order valence-corrected chi connectivity index (χ3v) is 7.58. The van der Waals surface area contributed by atoms with Gasteiger partial charge in [0.05, 0.1) is 4.91 Å². The van der Waals surface area contributed by atoms with Crippen LogP contribution in [0.2, 0.25) is 0 Å². The number of rotatable bonds is 4. The number of hydrogen-bond donors (Lipinski definition) is 0. The minimum Gasteiger partial charge on any atom is -0.368 e. The Hall–Kier alpha value is -3.16. The van der Waals surface area contributed by atoms with Crippen LogP contribution in [0.5, 0.6) is 0 Å². The maximum atomic E-state index is 13.3. The molecule has 1 aromatic heterocycles. The first-order valence-corrected chi connectivity index (χ1v) is 12.1. The number of likely N-dealkylation sites (N-methyl/N-ethyl adjacent to an activating group) is 1. The molecule has 0 N–H and O–H groups in total. The van der Waals surface area contributed by atoms with Crippen molar-refractivity contribution in [3.05, 3.63) is 62.0 Å². The first-order chi connectivity index (χ1) is 16.3. The van der Waals surface area contributed by atoms with Gasteiger partial charge >= 0.3 is 0 Å². The second kappa shape index (κ2) is 9.60. The number of thiocarbonyl (C=S) groups is 1. The van der Waals surface area contributed by atoms with Crippen molar-refractivity contribution in [2.24, 2.45) is 7.05 Å². The number of hydrogen-bond acceptors (Lipinski definition) is 7. The van der Waals surface area contributed by atoms with Gasteiger partial charge in [0.15, 0.2) is 0 Å². The van der Waals surface area contributed by atoms with E-state index in [0.29, 0.717) is 58.9 Å². The molecule has 0 saturated carbocycles. The molecule has 0 spiro atoms. The monoisotopic (exact) mass is 497 g/mol. The van der Waals surface area contributed by atoms with Gasteiger partial charge in [0, 0.05) is 51.0 Å². The zero-order valence-electron chi connectivity index (χ0n) is 19.2. The van der Waals surface area contributed by atoms with Crippen LogP contribution in [-0.2, 0) is 11.8 Å². The van der Waals surface area contributed by atoms with Crippen molar-refractivity contribution in [2.45, 2.75) is 13.8 Å². The van der Waals surface area contributed by atoms with E-state index < -0.39 is 0 Å². The summed E-state index contributed by atoms with van der Waals surface area (Å²) in [5.74, 6) is 0.224. The second-order valence-electron chi connectivity index (χ2n) is 8.09. The average molecular weight is 498 g/mol. The van der Waals surface area contributed by atoms with Crippen molar-refractivity contribution in [2.75, 3.05) is 42.5 Å². The minimum absolute atomic E-state index is 0.0634. The van der Waals surface area contributed by atoms with Crippen molar-refractivity contribution >= 4 is 51.8 Å². The summed E-state index contributed by atoms with van der Waals surface area (Å²) in [6.45, 7) is 6.68. The van der Waals surface area contributed by atoms with E-state index in [2.05, 4.69) is 9.80 Å². The van der Waals surface area contributed by atoms with Crippen molar-refractivity contribution in [3.8, 4) is 6.07 Å². The van der Waals surface area contributed by atoms with Gasteiger partial charge in [-0.2, -0.15) is 5.26 Å². The summed E-state index contributed by atoms with van der Waals surface area (Å²) in [5.41, 5.74) is 1.85. The van der Waals surface area contributed by atoms with Gasteiger partial charge in [0.2, 0.25) is 0 Å². The molecule has 0 bridgehead atoms. The molecular formula is C24H24FN5O2S2. The number of benzene rings is 1. The summed E-state index contributed by atoms with van der Waals surface area (Å²) < 4.78 is 15.3. The predicted molar refractivity (Wildman–Crippen MR) is 138 cm³/mol. The quantitative estimate of drug-likeness (QED) is 0.474. The summed E-state index contributed by atoms with van der Waals surface area (Å²) in [7, 11) is 1.65. The molecule has 10 heteroatoms. The molecule has 176 valence electrons. The lowest BCUT2D eigenvalue weighted by Crippen LogP contribution is -2.48. The Morgan fingerprint density at radius 3 is 2.32 bits per heavy atom. The highest BCUT2D eigenvalue weighted by Gasteiger charge is 2.32. The first-order valence-electron chi connectivity index (χ1n) is 10.9. The van der Waals surface area contributed by atoms with E-state index in [1.54, 1.807) is 32.2 Å². The van der Waals surface area contributed by atoms with Crippen molar-refractivity contribution < 1.29 is 9.18 Å². The van der Waals surface area contributed by atoms with E-state index in [4.69, 9.17) is 12.2 Å². The van der Waals surface area contributed by atoms with Crippen LogP contribution in [-0.4, -0.2) is 52.4 Å². The average Bonchev–Trinajstić information content (AvgIpc) is 3.10. The molecular weight excluding hydrogens is 473 g/mol. The predicted octanol–water partition coefficient (Wildman–Crippen LogP) is 3.25. The van der Waals surface area contributed by atoms with Crippen LogP contribution in [0.25, 0.3) is 6.08 Å². The zero-order valence-corrected chi connectivity index (χ0v) is 20.8. The number of nitriles is 1. The van der Waals surface area contributed by atoms with Gasteiger partial charge in [0.1, 0.15) is 27.6 Å². The summed E-state index contributed by atoms with van der Waals surface area (Å²) in [5, 5.41) is 9.63. The maximum Gasteiger partial charge on any atom is 0.270 e. The Bertz CT molecular complexity index is 1290. The van der Waals surface area contributed by atoms with Crippen molar-refractivity contribution in [1.29, 1.82) is 5.26 Å². The van der Waals surface area contributed by atoms with E-state index >= 15 is 0 Å². The molecule has 0 unspecified atom stereocenters. The highest BCUT2D eigenvalue weighted by atomic mass is 32.2. The number of amides is 1. The van der Waals surface area contributed by atoms with E-state index in [1.165, 1.54) is 33.4 Å². The van der Waals surface area contributed by atoms with Gasteiger partial charge in [-0.1, -0.05) is 24.0 Å². The summed E-state index contributed by atoms with van der Waals surface area (Å²) in [6.07, 6.45) is 1.76. The zero-order chi connectivity index (χ0) is 24.6. The largest absolute Gasteiger partial charge is 0.368 e. The van der Waals surface area contributed by atoms with Gasteiger partial charge in [0.25, 0.3) is 11.5 Å². The van der Waals surface area contributed by atoms with Crippen LogP contribution in [0.3, 0.4) is 0 Å². The Morgan fingerprint density at radius 1 is 1.15 bits per heavy atom. The van der Waals surface area contributed by atoms with Crippen LogP contribution < -0.4 is 15.4 Å². The van der Waals surface area contributed by atoms with E-state index in [1.807, 2.05) is 13.0 Å². The summed E-state index contributed by atoms with van der Waals surface area (Å²) in [6, 6.07) is 8.43. The number of anilines is 2. The van der Waals surface area contributed by atoms with Crippen LogP contribution in [0.1, 0.15) is 23.6 Å². The van der Waals surface area contributed by atoms with Gasteiger partial charge in [-0.15, -0.1) is 0 Å². The number of halogens is 1. The van der Waals surface area contributed by atoms with Crippen molar-refractivity contribution in [3.63, 3.8) is 0 Å². The normalized spacial score (nSPS) is 17.6. The first kappa shape index (κ1) is 24.0. The lowest BCUT2D eigenvalue weighted by Gasteiger charge is -2.38.